The molecule has 1 aliphatic rings. The number of hydrogen-bond donors (Lipinski definition) is 2. The van der Waals surface area contributed by atoms with Crippen LogP contribution in [0.1, 0.15) is 75.2 Å². The van der Waals surface area contributed by atoms with Gasteiger partial charge in [0.15, 0.2) is 0 Å². The van der Waals surface area contributed by atoms with Crippen LogP contribution >= 0.6 is 11.3 Å². The first-order valence-electron chi connectivity index (χ1n) is 13.3. The van der Waals surface area contributed by atoms with Crippen LogP contribution in [-0.4, -0.2) is 29.9 Å². The Bertz CT molecular complexity index is 1440. The van der Waals surface area contributed by atoms with Gasteiger partial charge < -0.3 is 15.5 Å². The zero-order valence-electron chi connectivity index (χ0n) is 22.6. The molecule has 2 heterocycles. The predicted octanol–water partition coefficient (Wildman–Crippen LogP) is 6.12. The molecule has 0 saturated carbocycles. The molecule has 0 bridgehead atoms. The minimum absolute atomic E-state index is 0.0585. The van der Waals surface area contributed by atoms with Crippen LogP contribution < -0.4 is 15.5 Å². The first-order chi connectivity index (χ1) is 18.9. The summed E-state index contributed by atoms with van der Waals surface area (Å²) >= 11 is 1.72. The molecule has 6 nitrogen and oxygen atoms in total. The quantitative estimate of drug-likeness (QED) is 0.284. The molecule has 0 radical (unpaired) electrons. The fourth-order valence-electron chi connectivity index (χ4n) is 5.25. The number of benzene rings is 2. The lowest BCUT2D eigenvalue weighted by molar-refractivity contribution is 0.0932. The normalized spacial score (nSPS) is 17.1. The summed E-state index contributed by atoms with van der Waals surface area (Å²) in [6, 6.07) is 19.2. The van der Waals surface area contributed by atoms with Crippen molar-refractivity contribution in [1.82, 2.24) is 15.6 Å². The van der Waals surface area contributed by atoms with Gasteiger partial charge in [-0.15, -0.1) is 0 Å². The summed E-state index contributed by atoms with van der Waals surface area (Å²) in [7, 11) is 1.98. The number of thiophene rings is 1. The molecule has 39 heavy (non-hydrogen) atoms. The minimum atomic E-state index is -0.232. The Morgan fingerprint density at radius 2 is 1.82 bits per heavy atom. The number of carbonyl (C=O) groups excluding carboxylic acids is 2. The molecule has 0 saturated heterocycles. The van der Waals surface area contributed by atoms with Crippen molar-refractivity contribution in [1.29, 1.82) is 0 Å². The molecule has 200 valence electrons. The molecule has 3 atom stereocenters. The smallest absolute Gasteiger partial charge is 0.251 e. The maximum atomic E-state index is 13.6. The fourth-order valence-corrected chi connectivity index (χ4v) is 6.25. The Kier molecular flexibility index (Phi) is 8.07. The molecule has 4 aromatic rings. The van der Waals surface area contributed by atoms with Crippen LogP contribution in [0.3, 0.4) is 0 Å². The van der Waals surface area contributed by atoms with Crippen LogP contribution in [0.15, 0.2) is 83.8 Å². The molecule has 7 heteroatoms. The van der Waals surface area contributed by atoms with Crippen molar-refractivity contribution in [2.45, 2.75) is 51.2 Å². The average Bonchev–Trinajstić information content (AvgIpc) is 3.43. The van der Waals surface area contributed by atoms with Crippen molar-refractivity contribution in [2.75, 3.05) is 11.9 Å². The van der Waals surface area contributed by atoms with E-state index in [1.165, 1.54) is 11.1 Å². The second kappa shape index (κ2) is 11.8. The van der Waals surface area contributed by atoms with E-state index in [2.05, 4.69) is 50.3 Å². The second-order valence-corrected chi connectivity index (χ2v) is 11.2. The van der Waals surface area contributed by atoms with Crippen molar-refractivity contribution in [3.05, 3.63) is 117 Å². The molecule has 1 aliphatic carbocycles. The van der Waals surface area contributed by atoms with E-state index < -0.39 is 0 Å². The summed E-state index contributed by atoms with van der Waals surface area (Å²) < 4.78 is 0. The number of rotatable bonds is 8. The van der Waals surface area contributed by atoms with Crippen molar-refractivity contribution in [3.63, 3.8) is 0 Å². The van der Waals surface area contributed by atoms with Crippen LogP contribution in [0.5, 0.6) is 0 Å². The van der Waals surface area contributed by atoms with E-state index in [4.69, 9.17) is 0 Å². The maximum absolute atomic E-state index is 13.6. The summed E-state index contributed by atoms with van der Waals surface area (Å²) in [5.41, 5.74) is 6.53. The van der Waals surface area contributed by atoms with Crippen molar-refractivity contribution < 1.29 is 9.59 Å². The summed E-state index contributed by atoms with van der Waals surface area (Å²) in [4.78, 5) is 33.2. The van der Waals surface area contributed by atoms with Crippen molar-refractivity contribution in [3.8, 4) is 0 Å². The number of carbonyl (C=O) groups is 2. The van der Waals surface area contributed by atoms with Gasteiger partial charge in [-0.25, -0.2) is 0 Å². The largest absolute Gasteiger partial charge is 0.370 e. The van der Waals surface area contributed by atoms with Gasteiger partial charge >= 0.3 is 0 Å². The standard InChI is InChI=1S/C32H34N4O2S/c1-21-12-28(14-27-19-39-20-30(21)27)35-32(38)26-13-25(31(37)34-22(2)24-10-7-11-33-17-24)15-29(16-26)36(3)18-23-8-5-4-6-9-23/h4-11,13,15-17,19-22,28H,12,14,18H2,1-3H3,(H,34,37)(H,35,38)/t21?,22?,28-/m1/s1. The highest BCUT2D eigenvalue weighted by atomic mass is 32.1. The first kappa shape index (κ1) is 26.6. The lowest BCUT2D eigenvalue weighted by atomic mass is 9.83. The van der Waals surface area contributed by atoms with Gasteiger partial charge in [0.2, 0.25) is 0 Å². The van der Waals surface area contributed by atoms with Crippen LogP contribution in [0, 0.1) is 0 Å². The van der Waals surface area contributed by atoms with Gasteiger partial charge in [0.25, 0.3) is 11.8 Å². The van der Waals surface area contributed by atoms with E-state index in [1.807, 2.05) is 56.4 Å². The maximum Gasteiger partial charge on any atom is 0.251 e. The highest BCUT2D eigenvalue weighted by molar-refractivity contribution is 7.08. The van der Waals surface area contributed by atoms with Crippen LogP contribution in [-0.2, 0) is 13.0 Å². The van der Waals surface area contributed by atoms with Crippen LogP contribution in [0.2, 0.25) is 0 Å². The lowest BCUT2D eigenvalue weighted by Crippen LogP contribution is -2.39. The summed E-state index contributed by atoms with van der Waals surface area (Å²) in [5, 5.41) is 10.7. The van der Waals surface area contributed by atoms with Gasteiger partial charge in [-0.2, -0.15) is 11.3 Å². The van der Waals surface area contributed by atoms with Crippen molar-refractivity contribution >= 4 is 28.8 Å². The van der Waals surface area contributed by atoms with Crippen LogP contribution in [0.4, 0.5) is 5.69 Å². The van der Waals surface area contributed by atoms with E-state index in [0.29, 0.717) is 23.6 Å². The molecule has 0 fully saturated rings. The van der Waals surface area contributed by atoms with Gasteiger partial charge in [-0.1, -0.05) is 43.3 Å². The fraction of sp³-hybridized carbons (Fsp3) is 0.281. The molecule has 0 aliphatic heterocycles. The molecule has 0 spiro atoms. The second-order valence-electron chi connectivity index (χ2n) is 10.5. The summed E-state index contributed by atoms with van der Waals surface area (Å²) in [5.74, 6) is 0.0173. The molecule has 2 amide bonds. The molecule has 2 N–H and O–H groups in total. The molecule has 5 rings (SSSR count). The number of anilines is 1. The Labute approximate surface area is 234 Å². The van der Waals surface area contributed by atoms with E-state index in [-0.39, 0.29) is 23.9 Å². The van der Waals surface area contributed by atoms with Gasteiger partial charge in [0.05, 0.1) is 6.04 Å². The monoisotopic (exact) mass is 538 g/mol. The number of nitrogens with zero attached hydrogens (tertiary/aromatic N) is 2. The zero-order chi connectivity index (χ0) is 27.4. The van der Waals surface area contributed by atoms with Gasteiger partial charge in [-0.05, 0) is 83.0 Å². The Balaban J connectivity index is 1.39. The third-order valence-electron chi connectivity index (χ3n) is 7.42. The average molecular weight is 539 g/mol. The Morgan fingerprint density at radius 3 is 2.56 bits per heavy atom. The number of nitrogens with one attached hydrogen (secondary N) is 2. The molecular weight excluding hydrogens is 504 g/mol. The Hall–Kier alpha value is -3.97. The van der Waals surface area contributed by atoms with E-state index >= 15 is 0 Å². The molecular formula is C32H34N4O2S. The third kappa shape index (κ3) is 6.37. The highest BCUT2D eigenvalue weighted by Gasteiger charge is 2.27. The number of amides is 2. The van der Waals surface area contributed by atoms with Crippen molar-refractivity contribution in [2.24, 2.45) is 0 Å². The highest BCUT2D eigenvalue weighted by Crippen LogP contribution is 2.34. The molecule has 2 aromatic heterocycles. The topological polar surface area (TPSA) is 74.3 Å². The molecule has 2 unspecified atom stereocenters. The number of pyridine rings is 1. The summed E-state index contributed by atoms with van der Waals surface area (Å²) in [6.45, 7) is 4.80. The minimum Gasteiger partial charge on any atom is -0.370 e. The van der Waals surface area contributed by atoms with E-state index in [0.717, 1.165) is 29.7 Å². The molecule has 2 aromatic carbocycles. The first-order valence-corrected chi connectivity index (χ1v) is 14.3. The zero-order valence-corrected chi connectivity index (χ0v) is 23.4. The predicted molar refractivity (Wildman–Crippen MR) is 157 cm³/mol. The Morgan fingerprint density at radius 1 is 1.05 bits per heavy atom. The lowest BCUT2D eigenvalue weighted by Gasteiger charge is -2.28. The van der Waals surface area contributed by atoms with Crippen LogP contribution in [0.25, 0.3) is 0 Å². The van der Waals surface area contributed by atoms with E-state index in [1.54, 1.807) is 29.8 Å². The number of hydrogen-bond acceptors (Lipinski definition) is 5. The summed E-state index contributed by atoms with van der Waals surface area (Å²) in [6.07, 6.45) is 5.19. The SMILES string of the molecule is CC1C[C@@H](NC(=O)c2cc(C(=O)NC(C)c3cccnc3)cc(N(C)Cc3ccccc3)c2)Cc2cscc21. The van der Waals surface area contributed by atoms with Gasteiger partial charge in [-0.3, -0.25) is 14.6 Å². The number of aromatic nitrogens is 1. The van der Waals surface area contributed by atoms with Gasteiger partial charge in [0.1, 0.15) is 0 Å². The third-order valence-corrected chi connectivity index (χ3v) is 8.23. The number of fused-ring (bicyclic) bond motifs is 1. The van der Waals surface area contributed by atoms with Gasteiger partial charge in [0, 0.05) is 48.8 Å². The van der Waals surface area contributed by atoms with E-state index in [9.17, 15) is 9.59 Å².